The van der Waals surface area contributed by atoms with Crippen molar-refractivity contribution in [3.8, 4) is 5.75 Å². The molecule has 0 amide bonds. The Morgan fingerprint density at radius 1 is 1.53 bits per heavy atom. The molecule has 1 aliphatic rings. The van der Waals surface area contributed by atoms with Crippen LogP contribution < -0.4 is 10.5 Å². The molecule has 0 bridgehead atoms. The zero-order valence-corrected chi connectivity index (χ0v) is 11.1. The molecule has 3 atom stereocenters. The van der Waals surface area contributed by atoms with E-state index in [9.17, 15) is 4.39 Å². The summed E-state index contributed by atoms with van der Waals surface area (Å²) in [4.78, 5) is 0. The highest BCUT2D eigenvalue weighted by Gasteiger charge is 2.41. The monoisotopic (exact) mass is 303 g/mol. The van der Waals surface area contributed by atoms with Gasteiger partial charge in [-0.15, -0.1) is 0 Å². The van der Waals surface area contributed by atoms with Gasteiger partial charge in [-0.1, -0.05) is 0 Å². The first-order valence-corrected chi connectivity index (χ1v) is 6.40. The quantitative estimate of drug-likeness (QED) is 0.929. The predicted octanol–water partition coefficient (Wildman–Crippen LogP) is 2.47. The van der Waals surface area contributed by atoms with Crippen molar-refractivity contribution in [2.24, 2.45) is 5.73 Å². The van der Waals surface area contributed by atoms with E-state index in [0.29, 0.717) is 16.8 Å². The van der Waals surface area contributed by atoms with E-state index in [1.54, 1.807) is 12.1 Å². The second-order valence-electron chi connectivity index (χ2n) is 4.05. The molecule has 5 heteroatoms. The summed E-state index contributed by atoms with van der Waals surface area (Å²) in [5.41, 5.74) is 5.82. The topological polar surface area (TPSA) is 44.5 Å². The Labute approximate surface area is 108 Å². The fourth-order valence-electron chi connectivity index (χ4n) is 1.88. The minimum Gasteiger partial charge on any atom is -0.487 e. The number of hydrogen-bond donors (Lipinski definition) is 1. The maximum Gasteiger partial charge on any atom is 0.141 e. The van der Waals surface area contributed by atoms with Gasteiger partial charge in [-0.05, 0) is 35.0 Å². The summed E-state index contributed by atoms with van der Waals surface area (Å²) in [7, 11) is 0. The van der Waals surface area contributed by atoms with Crippen LogP contribution in [-0.2, 0) is 4.74 Å². The molecule has 0 heterocycles. The lowest BCUT2D eigenvalue weighted by atomic mass is 9.86. The van der Waals surface area contributed by atoms with Crippen LogP contribution in [0.2, 0.25) is 0 Å². The van der Waals surface area contributed by atoms with Crippen LogP contribution in [0.4, 0.5) is 4.39 Å². The molecule has 1 fully saturated rings. The van der Waals surface area contributed by atoms with E-state index in [2.05, 4.69) is 15.9 Å². The molecule has 0 aliphatic heterocycles. The van der Waals surface area contributed by atoms with E-state index in [1.165, 1.54) is 6.07 Å². The number of benzene rings is 1. The van der Waals surface area contributed by atoms with Gasteiger partial charge in [0.25, 0.3) is 0 Å². The van der Waals surface area contributed by atoms with Crippen molar-refractivity contribution in [3.05, 3.63) is 28.5 Å². The molecule has 1 saturated carbocycles. The summed E-state index contributed by atoms with van der Waals surface area (Å²) in [5, 5.41) is 0. The molecule has 0 saturated heterocycles. The number of ether oxygens (including phenoxy) is 2. The lowest BCUT2D eigenvalue weighted by Gasteiger charge is -2.41. The summed E-state index contributed by atoms with van der Waals surface area (Å²) in [6, 6.07) is 4.72. The minimum absolute atomic E-state index is 0.0141. The van der Waals surface area contributed by atoms with Crippen molar-refractivity contribution in [2.75, 3.05) is 6.61 Å². The molecule has 94 valence electrons. The molecule has 3 nitrogen and oxygen atoms in total. The van der Waals surface area contributed by atoms with Gasteiger partial charge in [0.1, 0.15) is 23.8 Å². The number of rotatable bonds is 4. The molecule has 17 heavy (non-hydrogen) atoms. The summed E-state index contributed by atoms with van der Waals surface area (Å²) in [6.45, 7) is 2.52. The highest BCUT2D eigenvalue weighted by Crippen LogP contribution is 2.29. The fraction of sp³-hybridized carbons (Fsp3) is 0.500. The van der Waals surface area contributed by atoms with Crippen molar-refractivity contribution in [1.29, 1.82) is 0 Å². The second kappa shape index (κ2) is 5.33. The summed E-state index contributed by atoms with van der Waals surface area (Å²) < 4.78 is 24.8. The Hall–Kier alpha value is -0.650. The molecule has 2 N–H and O–H groups in total. The van der Waals surface area contributed by atoms with Gasteiger partial charge in [-0.2, -0.15) is 0 Å². The van der Waals surface area contributed by atoms with E-state index in [1.807, 2.05) is 6.92 Å². The van der Waals surface area contributed by atoms with E-state index in [-0.39, 0.29) is 24.1 Å². The van der Waals surface area contributed by atoms with Gasteiger partial charge in [0.2, 0.25) is 0 Å². The third-order valence-electron chi connectivity index (χ3n) is 2.83. The van der Waals surface area contributed by atoms with Crippen molar-refractivity contribution in [1.82, 2.24) is 0 Å². The van der Waals surface area contributed by atoms with Crippen LogP contribution >= 0.6 is 15.9 Å². The third kappa shape index (κ3) is 2.78. The number of nitrogens with two attached hydrogens (primary N) is 1. The van der Waals surface area contributed by atoms with Crippen molar-refractivity contribution in [3.63, 3.8) is 0 Å². The predicted molar refractivity (Wildman–Crippen MR) is 66.5 cm³/mol. The van der Waals surface area contributed by atoms with E-state index >= 15 is 0 Å². The number of hydrogen-bond acceptors (Lipinski definition) is 3. The fourth-order valence-corrected chi connectivity index (χ4v) is 2.13. The maximum absolute atomic E-state index is 13.3. The molecule has 2 rings (SSSR count). The second-order valence-corrected chi connectivity index (χ2v) is 4.91. The average molecular weight is 304 g/mol. The molecule has 0 aromatic heterocycles. The van der Waals surface area contributed by atoms with E-state index in [0.717, 1.165) is 6.42 Å². The molecular weight excluding hydrogens is 289 g/mol. The molecule has 1 aromatic carbocycles. The largest absolute Gasteiger partial charge is 0.487 e. The first-order chi connectivity index (χ1) is 8.11. The van der Waals surface area contributed by atoms with Gasteiger partial charge in [0.15, 0.2) is 0 Å². The Balaban J connectivity index is 1.99. The Kier molecular flexibility index (Phi) is 4.01. The highest BCUT2D eigenvalue weighted by atomic mass is 79.9. The minimum atomic E-state index is -0.334. The van der Waals surface area contributed by atoms with E-state index < -0.39 is 0 Å². The van der Waals surface area contributed by atoms with Gasteiger partial charge in [-0.3, -0.25) is 0 Å². The van der Waals surface area contributed by atoms with Gasteiger partial charge in [-0.25, -0.2) is 4.39 Å². The van der Waals surface area contributed by atoms with Crippen LogP contribution in [0.15, 0.2) is 22.7 Å². The van der Waals surface area contributed by atoms with Crippen LogP contribution in [0.25, 0.3) is 0 Å². The SMILES string of the molecule is CCOC1C(N)CC1Oc1ccc(Br)c(F)c1. The summed E-state index contributed by atoms with van der Waals surface area (Å²) in [6.07, 6.45) is 0.569. The van der Waals surface area contributed by atoms with Gasteiger partial charge in [0.05, 0.1) is 4.47 Å². The molecule has 0 spiro atoms. The third-order valence-corrected chi connectivity index (χ3v) is 3.47. The lowest BCUT2D eigenvalue weighted by Crippen LogP contribution is -2.59. The van der Waals surface area contributed by atoms with Crippen LogP contribution in [0, 0.1) is 5.82 Å². The molecule has 0 radical (unpaired) electrons. The normalized spacial score (nSPS) is 27.6. The molecule has 1 aromatic rings. The van der Waals surface area contributed by atoms with Crippen LogP contribution in [-0.4, -0.2) is 24.9 Å². The molecule has 3 unspecified atom stereocenters. The Bertz CT molecular complexity index is 402. The van der Waals surface area contributed by atoms with Crippen LogP contribution in [0.3, 0.4) is 0 Å². The summed E-state index contributed by atoms with van der Waals surface area (Å²) in [5.74, 6) is 0.173. The standard InChI is InChI=1S/C12H15BrFNO2/c1-2-16-12-10(15)6-11(12)17-7-3-4-8(13)9(14)5-7/h3-5,10-12H,2,6,15H2,1H3. The van der Waals surface area contributed by atoms with Crippen molar-refractivity contribution in [2.45, 2.75) is 31.6 Å². The zero-order chi connectivity index (χ0) is 12.4. The van der Waals surface area contributed by atoms with Gasteiger partial charge < -0.3 is 15.2 Å². The Morgan fingerprint density at radius 2 is 2.29 bits per heavy atom. The van der Waals surface area contributed by atoms with Crippen LogP contribution in [0.5, 0.6) is 5.75 Å². The summed E-state index contributed by atoms with van der Waals surface area (Å²) >= 11 is 3.10. The average Bonchev–Trinajstić information content (AvgIpc) is 2.30. The lowest BCUT2D eigenvalue weighted by molar-refractivity contribution is -0.0946. The zero-order valence-electron chi connectivity index (χ0n) is 9.53. The first-order valence-electron chi connectivity index (χ1n) is 5.60. The van der Waals surface area contributed by atoms with Crippen molar-refractivity contribution < 1.29 is 13.9 Å². The highest BCUT2D eigenvalue weighted by molar-refractivity contribution is 9.10. The van der Waals surface area contributed by atoms with Crippen LogP contribution in [0.1, 0.15) is 13.3 Å². The smallest absolute Gasteiger partial charge is 0.141 e. The number of halogens is 2. The Morgan fingerprint density at radius 3 is 2.88 bits per heavy atom. The van der Waals surface area contributed by atoms with Gasteiger partial charge >= 0.3 is 0 Å². The van der Waals surface area contributed by atoms with Crippen molar-refractivity contribution >= 4 is 15.9 Å². The first kappa shape index (κ1) is 12.8. The van der Waals surface area contributed by atoms with E-state index in [4.69, 9.17) is 15.2 Å². The molecular formula is C12H15BrFNO2. The maximum atomic E-state index is 13.3. The van der Waals surface area contributed by atoms with Gasteiger partial charge in [0, 0.05) is 25.1 Å². The molecule has 1 aliphatic carbocycles.